The molecule has 28 heavy (non-hydrogen) atoms. The predicted octanol–water partition coefficient (Wildman–Crippen LogP) is 2.60. The Balaban J connectivity index is 1.77. The van der Waals surface area contributed by atoms with Gasteiger partial charge in [0.25, 0.3) is 0 Å². The molecule has 0 bridgehead atoms. The number of sulfonamides is 1. The van der Waals surface area contributed by atoms with E-state index >= 15 is 0 Å². The van der Waals surface area contributed by atoms with E-state index in [-0.39, 0.29) is 28.8 Å². The van der Waals surface area contributed by atoms with Gasteiger partial charge in [-0.25, -0.2) is 13.2 Å². The number of rotatable bonds is 4. The highest BCUT2D eigenvalue weighted by atomic mass is 32.2. The third kappa shape index (κ3) is 3.15. The van der Waals surface area contributed by atoms with Crippen LogP contribution in [0.25, 0.3) is 0 Å². The minimum absolute atomic E-state index is 0.00586. The highest BCUT2D eigenvalue weighted by molar-refractivity contribution is 7.89. The molecule has 1 aliphatic rings. The van der Waals surface area contributed by atoms with Gasteiger partial charge in [0.05, 0.1) is 13.3 Å². The summed E-state index contributed by atoms with van der Waals surface area (Å²) >= 11 is 1.07. The molecule has 0 spiro atoms. The Morgan fingerprint density at radius 1 is 1.29 bits per heavy atom. The molecule has 0 N–H and O–H groups in total. The van der Waals surface area contributed by atoms with Gasteiger partial charge in [-0.1, -0.05) is 24.3 Å². The Hall–Kier alpha value is -2.49. The maximum atomic E-state index is 13.4. The molecule has 3 heterocycles. The Labute approximate surface area is 167 Å². The first kappa shape index (κ1) is 18.9. The minimum atomic E-state index is -3.87. The van der Waals surface area contributed by atoms with Gasteiger partial charge in [0.2, 0.25) is 10.0 Å². The number of carbonyl (C=O) groups excluding carboxylic acids is 1. The summed E-state index contributed by atoms with van der Waals surface area (Å²) in [7, 11) is -0.787. The highest BCUT2D eigenvalue weighted by Gasteiger charge is 2.36. The van der Waals surface area contributed by atoms with E-state index in [0.29, 0.717) is 0 Å². The molecule has 0 radical (unpaired) electrons. The molecule has 1 aliphatic heterocycles. The third-order valence-corrected chi connectivity index (χ3v) is 7.79. The van der Waals surface area contributed by atoms with Crippen molar-refractivity contribution in [2.45, 2.75) is 17.4 Å². The fourth-order valence-electron chi connectivity index (χ4n) is 3.54. The molecule has 0 amide bonds. The summed E-state index contributed by atoms with van der Waals surface area (Å²) in [6.07, 6.45) is 3.67. The van der Waals surface area contributed by atoms with Crippen molar-refractivity contribution in [1.29, 1.82) is 0 Å². The summed E-state index contributed by atoms with van der Waals surface area (Å²) in [4.78, 5) is 12.1. The van der Waals surface area contributed by atoms with Gasteiger partial charge in [0.1, 0.15) is 9.77 Å². The standard InChI is InChI=1S/C19H19N3O4S2/c1-21-10-14(9-20-21)16-12-22(11-13-5-3-4-6-15(13)16)28(24,25)17-7-8-27-18(17)19(23)26-2/h3-10,16H,11-12H2,1-2H3/t16-/m1/s1. The van der Waals surface area contributed by atoms with E-state index in [1.54, 1.807) is 16.3 Å². The number of aromatic nitrogens is 2. The van der Waals surface area contributed by atoms with Crippen LogP contribution in [0.1, 0.15) is 32.3 Å². The second-order valence-corrected chi connectivity index (χ2v) is 9.42. The van der Waals surface area contributed by atoms with Crippen molar-refractivity contribution < 1.29 is 17.9 Å². The molecule has 0 aliphatic carbocycles. The van der Waals surface area contributed by atoms with Gasteiger partial charge in [0, 0.05) is 32.3 Å². The number of esters is 1. The Bertz CT molecular complexity index is 1130. The van der Waals surface area contributed by atoms with E-state index in [9.17, 15) is 13.2 Å². The zero-order valence-corrected chi connectivity index (χ0v) is 17.0. The minimum Gasteiger partial charge on any atom is -0.465 e. The Morgan fingerprint density at radius 2 is 2.07 bits per heavy atom. The van der Waals surface area contributed by atoms with E-state index in [0.717, 1.165) is 28.0 Å². The lowest BCUT2D eigenvalue weighted by atomic mass is 9.87. The molecule has 2 aromatic heterocycles. The van der Waals surface area contributed by atoms with Crippen LogP contribution in [0.5, 0.6) is 0 Å². The van der Waals surface area contributed by atoms with Gasteiger partial charge in [-0.2, -0.15) is 9.40 Å². The average molecular weight is 418 g/mol. The normalized spacial score (nSPS) is 17.3. The molecule has 3 aromatic rings. The van der Waals surface area contributed by atoms with Crippen molar-refractivity contribution in [3.05, 3.63) is 69.7 Å². The predicted molar refractivity (Wildman–Crippen MR) is 105 cm³/mol. The van der Waals surface area contributed by atoms with Crippen molar-refractivity contribution >= 4 is 27.3 Å². The maximum Gasteiger partial charge on any atom is 0.349 e. The van der Waals surface area contributed by atoms with Gasteiger partial charge in [0.15, 0.2) is 0 Å². The number of methoxy groups -OCH3 is 1. The van der Waals surface area contributed by atoms with Crippen LogP contribution in [-0.4, -0.2) is 42.1 Å². The van der Waals surface area contributed by atoms with Gasteiger partial charge in [-0.05, 0) is 28.1 Å². The van der Waals surface area contributed by atoms with Crippen LogP contribution in [-0.2, 0) is 28.4 Å². The molecule has 146 valence electrons. The van der Waals surface area contributed by atoms with Crippen LogP contribution in [0.4, 0.5) is 0 Å². The monoisotopic (exact) mass is 417 g/mol. The van der Waals surface area contributed by atoms with Crippen molar-refractivity contribution in [3.63, 3.8) is 0 Å². The topological polar surface area (TPSA) is 81.5 Å². The quantitative estimate of drug-likeness (QED) is 0.610. The van der Waals surface area contributed by atoms with Gasteiger partial charge < -0.3 is 4.74 Å². The third-order valence-electron chi connectivity index (χ3n) is 4.91. The molecule has 0 saturated heterocycles. The van der Waals surface area contributed by atoms with Gasteiger partial charge in [-0.3, -0.25) is 4.68 Å². The van der Waals surface area contributed by atoms with Crippen molar-refractivity contribution in [1.82, 2.24) is 14.1 Å². The van der Waals surface area contributed by atoms with Crippen molar-refractivity contribution in [3.8, 4) is 0 Å². The number of nitrogens with zero attached hydrogens (tertiary/aromatic N) is 3. The van der Waals surface area contributed by atoms with Gasteiger partial charge in [-0.15, -0.1) is 11.3 Å². The number of ether oxygens (including phenoxy) is 1. The van der Waals surface area contributed by atoms with Crippen LogP contribution in [0.3, 0.4) is 0 Å². The Kier molecular flexibility index (Phi) is 4.82. The fraction of sp³-hybridized carbons (Fsp3) is 0.263. The van der Waals surface area contributed by atoms with Crippen LogP contribution in [0, 0.1) is 0 Å². The van der Waals surface area contributed by atoms with E-state index in [1.165, 1.54) is 17.5 Å². The summed E-state index contributed by atoms with van der Waals surface area (Å²) in [5.74, 6) is -0.775. The summed E-state index contributed by atoms with van der Waals surface area (Å²) in [6.45, 7) is 0.535. The first-order valence-electron chi connectivity index (χ1n) is 8.64. The zero-order valence-electron chi connectivity index (χ0n) is 15.4. The number of carbonyl (C=O) groups is 1. The molecule has 7 nitrogen and oxygen atoms in total. The maximum absolute atomic E-state index is 13.4. The number of thiophene rings is 1. The largest absolute Gasteiger partial charge is 0.465 e. The second kappa shape index (κ2) is 7.16. The van der Waals surface area contributed by atoms with E-state index in [4.69, 9.17) is 4.74 Å². The van der Waals surface area contributed by atoms with Crippen LogP contribution < -0.4 is 0 Å². The molecule has 1 atom stereocenters. The summed E-state index contributed by atoms with van der Waals surface area (Å²) in [5, 5.41) is 5.83. The van der Waals surface area contributed by atoms with Crippen LogP contribution >= 0.6 is 11.3 Å². The second-order valence-electron chi connectivity index (χ2n) is 6.60. The molecular formula is C19H19N3O4S2. The number of aryl methyl sites for hydroxylation is 1. The smallest absolute Gasteiger partial charge is 0.349 e. The highest BCUT2D eigenvalue weighted by Crippen LogP contribution is 2.37. The molecular weight excluding hydrogens is 398 g/mol. The fourth-order valence-corrected chi connectivity index (χ4v) is 6.28. The molecule has 4 rings (SSSR count). The van der Waals surface area contributed by atoms with Crippen LogP contribution in [0.2, 0.25) is 0 Å². The number of benzene rings is 1. The molecule has 0 unspecified atom stereocenters. The number of hydrogen-bond donors (Lipinski definition) is 0. The zero-order chi connectivity index (χ0) is 19.9. The molecule has 1 aromatic carbocycles. The Morgan fingerprint density at radius 3 is 2.79 bits per heavy atom. The lowest BCUT2D eigenvalue weighted by molar-refractivity contribution is 0.0602. The summed E-state index contributed by atoms with van der Waals surface area (Å²) in [5.41, 5.74) is 3.00. The van der Waals surface area contributed by atoms with E-state index in [1.807, 2.05) is 37.5 Å². The SMILES string of the molecule is COC(=O)c1sccc1S(=O)(=O)N1Cc2ccccc2[C@@H](c2cnn(C)c2)C1. The van der Waals surface area contributed by atoms with E-state index < -0.39 is 16.0 Å². The van der Waals surface area contributed by atoms with Crippen molar-refractivity contribution in [2.75, 3.05) is 13.7 Å². The van der Waals surface area contributed by atoms with Gasteiger partial charge >= 0.3 is 5.97 Å². The van der Waals surface area contributed by atoms with Crippen molar-refractivity contribution in [2.24, 2.45) is 7.05 Å². The average Bonchev–Trinajstić information content (AvgIpc) is 3.36. The number of fused-ring (bicyclic) bond motifs is 1. The molecule has 0 saturated carbocycles. The first-order valence-corrected chi connectivity index (χ1v) is 11.0. The van der Waals surface area contributed by atoms with Crippen LogP contribution in [0.15, 0.2) is 53.0 Å². The van der Waals surface area contributed by atoms with E-state index in [2.05, 4.69) is 5.10 Å². The number of hydrogen-bond acceptors (Lipinski definition) is 6. The molecule has 0 fully saturated rings. The summed E-state index contributed by atoms with van der Waals surface area (Å²) in [6, 6.07) is 9.29. The first-order chi connectivity index (χ1) is 13.4. The summed E-state index contributed by atoms with van der Waals surface area (Å²) < 4.78 is 34.7. The molecule has 9 heteroatoms. The lowest BCUT2D eigenvalue weighted by Crippen LogP contribution is -2.38. The lowest BCUT2D eigenvalue weighted by Gasteiger charge is -2.33.